The van der Waals surface area contributed by atoms with E-state index in [2.05, 4.69) is 139 Å². The molecule has 1 aliphatic carbocycles. The predicted octanol–water partition coefficient (Wildman–Crippen LogP) is 9.91. The average molecular weight is 607 g/mol. The van der Waals surface area contributed by atoms with Crippen LogP contribution in [0.2, 0.25) is 0 Å². The molecular weight excluding hydrogens is 566 g/mol. The summed E-state index contributed by atoms with van der Waals surface area (Å²) in [6, 6.07) is 37.0. The normalized spacial score (nSPS) is 12.9. The zero-order chi connectivity index (χ0) is 30.5. The molecular formula is C41H40BPS. The van der Waals surface area contributed by atoms with E-state index >= 15 is 0 Å². The number of rotatable bonds is 6. The van der Waals surface area contributed by atoms with Crippen LogP contribution in [-0.2, 0) is 12.8 Å². The van der Waals surface area contributed by atoms with Gasteiger partial charge in [0.2, 0.25) is 0 Å². The van der Waals surface area contributed by atoms with Crippen LogP contribution in [0.5, 0.6) is 0 Å². The van der Waals surface area contributed by atoms with Gasteiger partial charge in [-0.3, -0.25) is 0 Å². The molecule has 44 heavy (non-hydrogen) atoms. The molecule has 2 heterocycles. The highest BCUT2D eigenvalue weighted by molar-refractivity contribution is 7.64. The lowest BCUT2D eigenvalue weighted by molar-refractivity contribution is 0.912. The maximum absolute atomic E-state index is 2.47. The summed E-state index contributed by atoms with van der Waals surface area (Å²) < 4.78 is 1.45. The van der Waals surface area contributed by atoms with E-state index in [9.17, 15) is 0 Å². The van der Waals surface area contributed by atoms with E-state index in [0.717, 1.165) is 0 Å². The molecule has 0 bridgehead atoms. The largest absolute Gasteiger partial charge is 0.255 e. The van der Waals surface area contributed by atoms with Crippen LogP contribution >= 0.6 is 18.9 Å². The molecule has 7 rings (SSSR count). The van der Waals surface area contributed by atoms with Crippen molar-refractivity contribution in [1.82, 2.24) is 0 Å². The standard InChI is InChI=1S/C41H40BPS/c1-26-22-28(3)38(29(4)23-26)42(39-30(5)24-27(2)25-31(39)6)37-21-20-36(44-37)41-35-19-13-18-34(35)40(32-14-9-7-10-15-32)43(41)33-16-11-8-12-17-33/h7-12,14-17,20-25H,13,18-19H2,1-6H3. The van der Waals surface area contributed by atoms with Crippen molar-refractivity contribution in [3.8, 4) is 26.3 Å². The number of fused-ring (bicyclic) bond motifs is 1. The van der Waals surface area contributed by atoms with Crippen LogP contribution < -0.4 is 15.7 Å². The topological polar surface area (TPSA) is 0 Å². The Hall–Kier alpha value is -3.58. The van der Waals surface area contributed by atoms with E-state index in [0.29, 0.717) is 0 Å². The number of aryl methyl sites for hydroxylation is 6. The van der Waals surface area contributed by atoms with Gasteiger partial charge in [-0.1, -0.05) is 143 Å². The first-order chi connectivity index (χ1) is 21.3. The van der Waals surface area contributed by atoms with Crippen LogP contribution in [0.1, 0.15) is 50.9 Å². The molecule has 0 spiro atoms. The van der Waals surface area contributed by atoms with Crippen LogP contribution in [0, 0.1) is 41.5 Å². The van der Waals surface area contributed by atoms with Crippen molar-refractivity contribution in [2.24, 2.45) is 0 Å². The predicted molar refractivity (Wildman–Crippen MR) is 197 cm³/mol. The van der Waals surface area contributed by atoms with Crippen molar-refractivity contribution in [2.75, 3.05) is 0 Å². The lowest BCUT2D eigenvalue weighted by Gasteiger charge is -2.23. The number of hydrogen-bond acceptors (Lipinski definition) is 1. The van der Waals surface area contributed by atoms with Crippen molar-refractivity contribution in [3.63, 3.8) is 0 Å². The highest BCUT2D eigenvalue weighted by atomic mass is 32.1. The molecule has 6 aromatic rings. The maximum Gasteiger partial charge on any atom is 0.255 e. The van der Waals surface area contributed by atoms with Gasteiger partial charge in [-0.05, 0) is 93.6 Å². The van der Waals surface area contributed by atoms with Gasteiger partial charge >= 0.3 is 0 Å². The van der Waals surface area contributed by atoms with Gasteiger partial charge < -0.3 is 0 Å². The Balaban J connectivity index is 1.49. The summed E-state index contributed by atoms with van der Waals surface area (Å²) >= 11 is 2.05. The Morgan fingerprint density at radius 1 is 0.568 bits per heavy atom. The van der Waals surface area contributed by atoms with Gasteiger partial charge in [-0.2, -0.15) is 0 Å². The molecule has 3 heteroatoms. The molecule has 0 saturated carbocycles. The van der Waals surface area contributed by atoms with E-state index in [4.69, 9.17) is 0 Å². The quantitative estimate of drug-likeness (QED) is 0.166. The van der Waals surface area contributed by atoms with Crippen molar-refractivity contribution in [3.05, 3.63) is 142 Å². The van der Waals surface area contributed by atoms with Crippen LogP contribution in [0.15, 0.2) is 97.1 Å². The molecule has 4 aromatic carbocycles. The third-order valence-electron chi connectivity index (χ3n) is 9.50. The zero-order valence-corrected chi connectivity index (χ0v) is 28.5. The van der Waals surface area contributed by atoms with Gasteiger partial charge in [0.25, 0.3) is 6.71 Å². The summed E-state index contributed by atoms with van der Waals surface area (Å²) in [7, 11) is -0.631. The number of hydrogen-bond donors (Lipinski definition) is 0. The van der Waals surface area contributed by atoms with Crippen molar-refractivity contribution in [2.45, 2.75) is 60.8 Å². The fourth-order valence-electron chi connectivity index (χ4n) is 8.00. The van der Waals surface area contributed by atoms with Gasteiger partial charge in [-0.25, -0.2) is 0 Å². The maximum atomic E-state index is 2.47. The Morgan fingerprint density at radius 3 is 1.61 bits per heavy atom. The van der Waals surface area contributed by atoms with Gasteiger partial charge in [0.15, 0.2) is 0 Å². The third kappa shape index (κ3) is 5.03. The minimum Gasteiger partial charge on any atom is -0.149 e. The first-order valence-corrected chi connectivity index (χ1v) is 18.1. The number of thiophene rings is 1. The second-order valence-corrected chi connectivity index (χ2v) is 16.0. The Morgan fingerprint density at radius 2 is 1.07 bits per heavy atom. The lowest BCUT2D eigenvalue weighted by atomic mass is 9.37. The molecule has 1 atom stereocenters. The SMILES string of the molecule is Cc1cc(C)c(B(c2ccc(-c3c4c(c(-c5ccccc5)p3-c3ccccc3)CCC4)s2)c2c(C)cc(C)cc2C)c(C)c1. The van der Waals surface area contributed by atoms with E-state index in [1.807, 2.05) is 11.3 Å². The molecule has 0 saturated heterocycles. The van der Waals surface area contributed by atoms with E-state index in [1.165, 1.54) is 84.1 Å². The Bertz CT molecular complexity index is 1890. The molecule has 1 unspecified atom stereocenters. The minimum absolute atomic E-state index is 0.217. The average Bonchev–Trinajstić information content (AvgIpc) is 3.72. The lowest BCUT2D eigenvalue weighted by Crippen LogP contribution is -2.54. The smallest absolute Gasteiger partial charge is 0.149 e. The molecule has 1 aliphatic rings. The molecule has 0 amide bonds. The van der Waals surface area contributed by atoms with Gasteiger partial charge in [0, 0.05) is 15.5 Å². The Labute approximate surface area is 269 Å². The second kappa shape index (κ2) is 11.7. The Kier molecular flexibility index (Phi) is 7.78. The van der Waals surface area contributed by atoms with Gasteiger partial charge in [0.1, 0.15) is 0 Å². The fourth-order valence-corrected chi connectivity index (χ4v) is 12.5. The van der Waals surface area contributed by atoms with E-state index in [1.54, 1.807) is 21.7 Å². The van der Waals surface area contributed by atoms with Crippen LogP contribution in [-0.4, -0.2) is 6.71 Å². The van der Waals surface area contributed by atoms with Crippen molar-refractivity contribution < 1.29 is 0 Å². The fraction of sp³-hybridized carbons (Fsp3) is 0.220. The highest BCUT2D eigenvalue weighted by Crippen LogP contribution is 2.63. The monoisotopic (exact) mass is 606 g/mol. The zero-order valence-electron chi connectivity index (χ0n) is 26.8. The minimum atomic E-state index is -0.631. The molecule has 0 nitrogen and oxygen atoms in total. The van der Waals surface area contributed by atoms with E-state index < -0.39 is 7.53 Å². The number of benzene rings is 4. The first-order valence-electron chi connectivity index (χ1n) is 15.9. The summed E-state index contributed by atoms with van der Waals surface area (Å²) in [5.74, 6) is 0. The van der Waals surface area contributed by atoms with Crippen LogP contribution in [0.25, 0.3) is 26.3 Å². The molecule has 2 aromatic heterocycles. The summed E-state index contributed by atoms with van der Waals surface area (Å²) in [5.41, 5.74) is 15.8. The van der Waals surface area contributed by atoms with Crippen LogP contribution in [0.3, 0.4) is 0 Å². The highest BCUT2D eigenvalue weighted by Gasteiger charge is 2.33. The summed E-state index contributed by atoms with van der Waals surface area (Å²) in [4.78, 5) is 1.46. The molecule has 218 valence electrons. The third-order valence-corrected chi connectivity index (χ3v) is 13.6. The molecule has 0 N–H and O–H groups in total. The van der Waals surface area contributed by atoms with E-state index in [-0.39, 0.29) is 6.71 Å². The van der Waals surface area contributed by atoms with Crippen molar-refractivity contribution >= 4 is 41.3 Å². The van der Waals surface area contributed by atoms with Gasteiger partial charge in [0.05, 0.1) is 0 Å². The molecule has 0 fully saturated rings. The van der Waals surface area contributed by atoms with Crippen molar-refractivity contribution in [1.29, 1.82) is 0 Å². The van der Waals surface area contributed by atoms with Crippen LogP contribution in [0.4, 0.5) is 0 Å². The summed E-state index contributed by atoms with van der Waals surface area (Å²) in [5, 5.41) is 4.67. The van der Waals surface area contributed by atoms with Gasteiger partial charge in [-0.15, -0.1) is 11.3 Å². The summed E-state index contributed by atoms with van der Waals surface area (Å²) in [6.45, 7) is 13.9. The summed E-state index contributed by atoms with van der Waals surface area (Å²) in [6.07, 6.45) is 3.64. The molecule has 0 aliphatic heterocycles. The first kappa shape index (κ1) is 29.2. The second-order valence-electron chi connectivity index (χ2n) is 12.8. The molecule has 0 radical (unpaired) electrons.